The largest absolute Gasteiger partial charge is 0.466 e. The minimum Gasteiger partial charge on any atom is -0.466 e. The summed E-state index contributed by atoms with van der Waals surface area (Å²) in [6.07, 6.45) is 11.3. The Bertz CT molecular complexity index is 507. The second-order valence-corrected chi connectivity index (χ2v) is 8.50. The van der Waals surface area contributed by atoms with Crippen molar-refractivity contribution in [2.45, 2.75) is 123 Å². The molecule has 7 heteroatoms. The van der Waals surface area contributed by atoms with Gasteiger partial charge in [-0.1, -0.05) is 85.0 Å². The first-order valence-electron chi connectivity index (χ1n) is 12.6. The van der Waals surface area contributed by atoms with E-state index in [4.69, 9.17) is 14.2 Å². The zero-order chi connectivity index (χ0) is 24.1. The van der Waals surface area contributed by atoms with Gasteiger partial charge < -0.3 is 19.3 Å². The SMILES string of the molecule is CCCCCCCOC(=O)CC(O)(CC(=O)OCCCCC)C(=O)OCCCCCCC. The minimum absolute atomic E-state index is 0.142. The predicted molar refractivity (Wildman–Crippen MR) is 124 cm³/mol. The molecule has 0 aliphatic carbocycles. The summed E-state index contributed by atoms with van der Waals surface area (Å²) in [5, 5.41) is 10.9. The van der Waals surface area contributed by atoms with Crippen molar-refractivity contribution in [1.82, 2.24) is 0 Å². The minimum atomic E-state index is -2.27. The molecule has 0 radical (unpaired) electrons. The van der Waals surface area contributed by atoms with E-state index in [9.17, 15) is 19.5 Å². The van der Waals surface area contributed by atoms with E-state index in [1.165, 1.54) is 0 Å². The fraction of sp³-hybridized carbons (Fsp3) is 0.880. The van der Waals surface area contributed by atoms with Crippen molar-refractivity contribution in [3.8, 4) is 0 Å². The van der Waals surface area contributed by atoms with Gasteiger partial charge in [0.15, 0.2) is 5.60 Å². The molecule has 0 aliphatic rings. The maximum absolute atomic E-state index is 12.6. The van der Waals surface area contributed by atoms with Gasteiger partial charge in [-0.15, -0.1) is 0 Å². The highest BCUT2D eigenvalue weighted by molar-refractivity contribution is 5.90. The zero-order valence-electron chi connectivity index (χ0n) is 20.6. The van der Waals surface area contributed by atoms with Crippen molar-refractivity contribution in [2.24, 2.45) is 0 Å². The monoisotopic (exact) mass is 458 g/mol. The Balaban J connectivity index is 4.69. The molecule has 0 saturated carbocycles. The van der Waals surface area contributed by atoms with E-state index in [0.29, 0.717) is 12.8 Å². The molecule has 0 rings (SSSR count). The van der Waals surface area contributed by atoms with E-state index >= 15 is 0 Å². The molecule has 0 fully saturated rings. The van der Waals surface area contributed by atoms with E-state index in [1.54, 1.807) is 0 Å². The molecule has 0 saturated heterocycles. The Morgan fingerprint density at radius 3 is 1.34 bits per heavy atom. The molecule has 188 valence electrons. The standard InChI is InChI=1S/C25H46O7/c1-4-7-10-12-15-18-31-23(27)21-25(29,20-22(26)30-17-14-9-6-3)24(28)32-19-16-13-11-8-5-2/h29H,4-21H2,1-3H3. The first kappa shape index (κ1) is 30.4. The quantitative estimate of drug-likeness (QED) is 0.142. The van der Waals surface area contributed by atoms with Gasteiger partial charge in [0.05, 0.1) is 32.7 Å². The Labute approximate surface area is 194 Å². The van der Waals surface area contributed by atoms with Gasteiger partial charge in [0.1, 0.15) is 0 Å². The third-order valence-corrected chi connectivity index (χ3v) is 5.26. The molecule has 0 spiro atoms. The van der Waals surface area contributed by atoms with Gasteiger partial charge in [0.2, 0.25) is 0 Å². The van der Waals surface area contributed by atoms with Crippen LogP contribution in [0.25, 0.3) is 0 Å². The fourth-order valence-corrected chi connectivity index (χ4v) is 3.22. The van der Waals surface area contributed by atoms with Gasteiger partial charge in [-0.2, -0.15) is 0 Å². The fourth-order valence-electron chi connectivity index (χ4n) is 3.22. The molecule has 0 aromatic heterocycles. The van der Waals surface area contributed by atoms with Crippen LogP contribution in [0.2, 0.25) is 0 Å². The highest BCUT2D eigenvalue weighted by Gasteiger charge is 2.43. The third-order valence-electron chi connectivity index (χ3n) is 5.26. The Kier molecular flexibility index (Phi) is 19.0. The zero-order valence-corrected chi connectivity index (χ0v) is 20.6. The molecule has 7 nitrogen and oxygen atoms in total. The van der Waals surface area contributed by atoms with Gasteiger partial charge in [-0.3, -0.25) is 9.59 Å². The normalized spacial score (nSPS) is 12.8. The molecule has 0 aromatic rings. The van der Waals surface area contributed by atoms with Crippen LogP contribution in [-0.2, 0) is 28.6 Å². The van der Waals surface area contributed by atoms with Gasteiger partial charge in [0, 0.05) is 0 Å². The van der Waals surface area contributed by atoms with Crippen LogP contribution in [0.3, 0.4) is 0 Å². The first-order valence-corrected chi connectivity index (χ1v) is 12.6. The average molecular weight is 459 g/mol. The van der Waals surface area contributed by atoms with Crippen LogP contribution < -0.4 is 0 Å². The molecule has 0 amide bonds. The third kappa shape index (κ3) is 16.1. The Hall–Kier alpha value is -1.63. The molecule has 0 aromatic carbocycles. The second-order valence-electron chi connectivity index (χ2n) is 8.50. The van der Waals surface area contributed by atoms with Crippen LogP contribution in [0, 0.1) is 0 Å². The van der Waals surface area contributed by atoms with Crippen molar-refractivity contribution >= 4 is 17.9 Å². The number of carbonyl (C=O) groups excluding carboxylic acids is 3. The van der Waals surface area contributed by atoms with E-state index in [0.717, 1.165) is 70.6 Å². The molecule has 0 aliphatic heterocycles. The Morgan fingerprint density at radius 2 is 0.906 bits per heavy atom. The summed E-state index contributed by atoms with van der Waals surface area (Å²) in [6, 6.07) is 0. The predicted octanol–water partition coefficient (Wildman–Crippen LogP) is 5.26. The van der Waals surface area contributed by atoms with E-state index in [1.807, 2.05) is 6.92 Å². The van der Waals surface area contributed by atoms with Crippen molar-refractivity contribution in [3.05, 3.63) is 0 Å². The van der Waals surface area contributed by atoms with E-state index in [2.05, 4.69) is 13.8 Å². The number of esters is 3. The lowest BCUT2D eigenvalue weighted by atomic mass is 9.95. The van der Waals surface area contributed by atoms with Crippen LogP contribution in [-0.4, -0.2) is 48.4 Å². The van der Waals surface area contributed by atoms with Gasteiger partial charge >= 0.3 is 17.9 Å². The van der Waals surface area contributed by atoms with Crippen molar-refractivity contribution in [2.75, 3.05) is 19.8 Å². The lowest BCUT2D eigenvalue weighted by Gasteiger charge is -2.24. The second kappa shape index (κ2) is 20.0. The number of carbonyl (C=O) groups is 3. The molecular weight excluding hydrogens is 412 g/mol. The highest BCUT2D eigenvalue weighted by atomic mass is 16.6. The summed E-state index contributed by atoms with van der Waals surface area (Å²) in [7, 11) is 0. The lowest BCUT2D eigenvalue weighted by molar-refractivity contribution is -0.178. The number of unbranched alkanes of at least 4 members (excludes halogenated alkanes) is 10. The van der Waals surface area contributed by atoms with Gasteiger partial charge in [-0.25, -0.2) is 4.79 Å². The van der Waals surface area contributed by atoms with Crippen LogP contribution in [0.4, 0.5) is 0 Å². The lowest BCUT2D eigenvalue weighted by Crippen LogP contribution is -2.45. The topological polar surface area (TPSA) is 99.1 Å². The summed E-state index contributed by atoms with van der Waals surface area (Å²) in [4.78, 5) is 37.0. The molecule has 0 heterocycles. The van der Waals surface area contributed by atoms with E-state index < -0.39 is 36.4 Å². The number of aliphatic hydroxyl groups is 1. The summed E-state index contributed by atoms with van der Waals surface area (Å²) in [6.45, 7) is 6.87. The maximum Gasteiger partial charge on any atom is 0.339 e. The Morgan fingerprint density at radius 1 is 0.562 bits per heavy atom. The summed E-state index contributed by atoms with van der Waals surface area (Å²) in [5.74, 6) is -2.42. The van der Waals surface area contributed by atoms with Crippen LogP contribution in [0.1, 0.15) is 117 Å². The highest BCUT2D eigenvalue weighted by Crippen LogP contribution is 2.21. The van der Waals surface area contributed by atoms with Crippen LogP contribution in [0.15, 0.2) is 0 Å². The summed E-state index contributed by atoms with van der Waals surface area (Å²) in [5.41, 5.74) is -2.27. The van der Waals surface area contributed by atoms with Gasteiger partial charge in [-0.05, 0) is 19.3 Å². The molecule has 0 bridgehead atoms. The number of ether oxygens (including phenoxy) is 3. The summed E-state index contributed by atoms with van der Waals surface area (Å²) < 4.78 is 15.5. The number of hydrogen-bond acceptors (Lipinski definition) is 7. The van der Waals surface area contributed by atoms with Crippen LogP contribution in [0.5, 0.6) is 0 Å². The molecule has 32 heavy (non-hydrogen) atoms. The molecule has 1 atom stereocenters. The average Bonchev–Trinajstić information content (AvgIpc) is 2.75. The smallest absolute Gasteiger partial charge is 0.339 e. The maximum atomic E-state index is 12.6. The van der Waals surface area contributed by atoms with Crippen LogP contribution >= 0.6 is 0 Å². The van der Waals surface area contributed by atoms with E-state index in [-0.39, 0.29) is 19.8 Å². The van der Waals surface area contributed by atoms with Crippen molar-refractivity contribution < 1.29 is 33.7 Å². The number of hydrogen-bond donors (Lipinski definition) is 1. The molecular formula is C25H46O7. The first-order chi connectivity index (χ1) is 15.4. The van der Waals surface area contributed by atoms with Crippen molar-refractivity contribution in [1.29, 1.82) is 0 Å². The van der Waals surface area contributed by atoms with Gasteiger partial charge in [0.25, 0.3) is 0 Å². The number of rotatable bonds is 21. The molecule has 1 unspecified atom stereocenters. The van der Waals surface area contributed by atoms with Crippen molar-refractivity contribution in [3.63, 3.8) is 0 Å². The molecule has 1 N–H and O–H groups in total. The summed E-state index contributed by atoms with van der Waals surface area (Å²) >= 11 is 0.